The van der Waals surface area contributed by atoms with Crippen molar-refractivity contribution >= 4 is 17.2 Å². The number of ether oxygens (including phenoxy) is 1. The lowest BCUT2D eigenvalue weighted by Gasteiger charge is -2.26. The summed E-state index contributed by atoms with van der Waals surface area (Å²) in [7, 11) is 0. The molecule has 2 rings (SSSR count). The molecular formula is C12H15NO2S. The van der Waals surface area contributed by atoms with Crippen molar-refractivity contribution in [2.24, 2.45) is 0 Å². The molecule has 0 unspecified atom stereocenters. The summed E-state index contributed by atoms with van der Waals surface area (Å²) in [4.78, 5) is 14.9. The zero-order valence-electron chi connectivity index (χ0n) is 9.15. The summed E-state index contributed by atoms with van der Waals surface area (Å²) in [6.07, 6.45) is 2.59. The van der Waals surface area contributed by atoms with E-state index in [1.807, 2.05) is 22.4 Å². The number of hydrogen-bond donors (Lipinski definition) is 0. The number of morpholine rings is 1. The quantitative estimate of drug-likeness (QED) is 0.752. The van der Waals surface area contributed by atoms with E-state index in [0.29, 0.717) is 26.3 Å². The molecule has 2 heterocycles. The first-order valence-corrected chi connectivity index (χ1v) is 6.25. The van der Waals surface area contributed by atoms with Gasteiger partial charge in [0, 0.05) is 13.1 Å². The predicted octanol–water partition coefficient (Wildman–Crippen LogP) is 1.95. The Morgan fingerprint density at radius 3 is 3.00 bits per heavy atom. The molecule has 0 radical (unpaired) electrons. The lowest BCUT2D eigenvalue weighted by molar-refractivity contribution is 0.0305. The third-order valence-corrected chi connectivity index (χ3v) is 3.55. The van der Waals surface area contributed by atoms with Gasteiger partial charge in [-0.05, 0) is 23.4 Å². The van der Waals surface area contributed by atoms with Crippen LogP contribution in [0.3, 0.4) is 0 Å². The Morgan fingerprint density at radius 2 is 2.31 bits per heavy atom. The van der Waals surface area contributed by atoms with Gasteiger partial charge in [-0.1, -0.05) is 6.08 Å². The van der Waals surface area contributed by atoms with Gasteiger partial charge in [0.2, 0.25) is 0 Å². The van der Waals surface area contributed by atoms with Crippen LogP contribution in [0.25, 0.3) is 0 Å². The second-order valence-electron chi connectivity index (χ2n) is 3.67. The number of allylic oxidation sites excluding steroid dienone is 1. The number of hydrogen-bond acceptors (Lipinski definition) is 3. The molecule has 4 heteroatoms. The predicted molar refractivity (Wildman–Crippen MR) is 64.9 cm³/mol. The first-order chi connectivity index (χ1) is 7.83. The third-order valence-electron chi connectivity index (χ3n) is 2.60. The highest BCUT2D eigenvalue weighted by atomic mass is 32.1. The van der Waals surface area contributed by atoms with E-state index in [9.17, 15) is 4.79 Å². The van der Waals surface area contributed by atoms with Crippen molar-refractivity contribution in [3.63, 3.8) is 0 Å². The van der Waals surface area contributed by atoms with E-state index in [0.717, 1.165) is 16.9 Å². The van der Waals surface area contributed by atoms with Gasteiger partial charge >= 0.3 is 0 Å². The molecule has 0 N–H and O–H groups in total. The molecule has 1 saturated heterocycles. The summed E-state index contributed by atoms with van der Waals surface area (Å²) < 4.78 is 5.24. The van der Waals surface area contributed by atoms with E-state index in [1.54, 1.807) is 0 Å². The minimum atomic E-state index is 0.134. The standard InChI is InChI=1S/C12H15NO2S/c1-2-3-10-4-9-16-11(10)12(14)13-5-7-15-8-6-13/h2,4,9H,1,3,5-8H2. The fourth-order valence-electron chi connectivity index (χ4n) is 1.75. The second-order valence-corrected chi connectivity index (χ2v) is 4.59. The monoisotopic (exact) mass is 237 g/mol. The highest BCUT2D eigenvalue weighted by molar-refractivity contribution is 7.12. The molecule has 1 aliphatic rings. The van der Waals surface area contributed by atoms with Crippen LogP contribution in [0.1, 0.15) is 15.2 Å². The van der Waals surface area contributed by atoms with Crippen LogP contribution >= 0.6 is 11.3 Å². The van der Waals surface area contributed by atoms with E-state index in [1.165, 1.54) is 11.3 Å². The van der Waals surface area contributed by atoms with Gasteiger partial charge in [0.25, 0.3) is 5.91 Å². The number of nitrogens with zero attached hydrogens (tertiary/aromatic N) is 1. The Balaban J connectivity index is 2.12. The van der Waals surface area contributed by atoms with Gasteiger partial charge in [0.05, 0.1) is 18.1 Å². The van der Waals surface area contributed by atoms with Gasteiger partial charge in [0.15, 0.2) is 0 Å². The molecule has 3 nitrogen and oxygen atoms in total. The summed E-state index contributed by atoms with van der Waals surface area (Å²) in [6, 6.07) is 2.00. The normalized spacial score (nSPS) is 16.1. The summed E-state index contributed by atoms with van der Waals surface area (Å²) in [5.41, 5.74) is 1.08. The molecule has 0 bridgehead atoms. The molecule has 0 atom stereocenters. The molecule has 0 aromatic carbocycles. The molecule has 1 aromatic heterocycles. The first kappa shape index (κ1) is 11.4. The Morgan fingerprint density at radius 1 is 1.56 bits per heavy atom. The highest BCUT2D eigenvalue weighted by Crippen LogP contribution is 2.20. The molecule has 16 heavy (non-hydrogen) atoms. The summed E-state index contributed by atoms with van der Waals surface area (Å²) in [5, 5.41) is 1.96. The maximum Gasteiger partial charge on any atom is 0.264 e. The molecule has 86 valence electrons. The molecule has 1 amide bonds. The van der Waals surface area contributed by atoms with Crippen LogP contribution in [0.15, 0.2) is 24.1 Å². The SMILES string of the molecule is C=CCc1ccsc1C(=O)N1CCOCC1. The maximum atomic E-state index is 12.2. The van der Waals surface area contributed by atoms with Gasteiger partial charge in [0.1, 0.15) is 0 Å². The first-order valence-electron chi connectivity index (χ1n) is 5.37. The van der Waals surface area contributed by atoms with E-state index in [4.69, 9.17) is 4.74 Å². The van der Waals surface area contributed by atoms with Crippen LogP contribution in [0, 0.1) is 0 Å². The lowest BCUT2D eigenvalue weighted by Crippen LogP contribution is -2.40. The molecule has 0 aliphatic carbocycles. The third kappa shape index (κ3) is 2.33. The van der Waals surface area contributed by atoms with Gasteiger partial charge in [-0.25, -0.2) is 0 Å². The second kappa shape index (κ2) is 5.27. The van der Waals surface area contributed by atoms with Crippen molar-refractivity contribution in [3.05, 3.63) is 34.5 Å². The van der Waals surface area contributed by atoms with Gasteiger partial charge < -0.3 is 9.64 Å². The van der Waals surface area contributed by atoms with Crippen LogP contribution in [-0.2, 0) is 11.2 Å². The van der Waals surface area contributed by atoms with Crippen LogP contribution in [0.4, 0.5) is 0 Å². The fraction of sp³-hybridized carbons (Fsp3) is 0.417. The highest BCUT2D eigenvalue weighted by Gasteiger charge is 2.21. The van der Waals surface area contributed by atoms with Crippen molar-refractivity contribution in [1.82, 2.24) is 4.90 Å². The topological polar surface area (TPSA) is 29.5 Å². The molecule has 0 saturated carbocycles. The molecule has 1 fully saturated rings. The summed E-state index contributed by atoms with van der Waals surface area (Å²) >= 11 is 1.51. The van der Waals surface area contributed by atoms with Crippen molar-refractivity contribution < 1.29 is 9.53 Å². The van der Waals surface area contributed by atoms with Crippen LogP contribution < -0.4 is 0 Å². The van der Waals surface area contributed by atoms with Gasteiger partial charge in [-0.2, -0.15) is 0 Å². The zero-order valence-corrected chi connectivity index (χ0v) is 9.96. The summed E-state index contributed by atoms with van der Waals surface area (Å²) in [6.45, 7) is 6.40. The number of carbonyl (C=O) groups is 1. The maximum absolute atomic E-state index is 12.2. The average molecular weight is 237 g/mol. The fourth-order valence-corrected chi connectivity index (χ4v) is 2.65. The molecule has 1 aliphatic heterocycles. The average Bonchev–Trinajstić information content (AvgIpc) is 2.78. The number of thiophene rings is 1. The minimum Gasteiger partial charge on any atom is -0.378 e. The Bertz CT molecular complexity index is 380. The Labute approximate surface area is 99.3 Å². The van der Waals surface area contributed by atoms with Crippen LogP contribution in [0.2, 0.25) is 0 Å². The minimum absolute atomic E-state index is 0.134. The smallest absolute Gasteiger partial charge is 0.264 e. The Kier molecular flexibility index (Phi) is 3.74. The van der Waals surface area contributed by atoms with Gasteiger partial charge in [-0.3, -0.25) is 4.79 Å². The van der Waals surface area contributed by atoms with Crippen LogP contribution in [-0.4, -0.2) is 37.1 Å². The largest absolute Gasteiger partial charge is 0.378 e. The zero-order chi connectivity index (χ0) is 11.4. The molecule has 0 spiro atoms. The van der Waals surface area contributed by atoms with Crippen molar-refractivity contribution in [1.29, 1.82) is 0 Å². The molecule has 1 aromatic rings. The van der Waals surface area contributed by atoms with E-state index in [-0.39, 0.29) is 5.91 Å². The van der Waals surface area contributed by atoms with E-state index >= 15 is 0 Å². The van der Waals surface area contributed by atoms with Crippen molar-refractivity contribution in [2.75, 3.05) is 26.3 Å². The Hall–Kier alpha value is -1.13. The number of rotatable bonds is 3. The van der Waals surface area contributed by atoms with E-state index in [2.05, 4.69) is 6.58 Å². The van der Waals surface area contributed by atoms with Gasteiger partial charge in [-0.15, -0.1) is 17.9 Å². The molecular weight excluding hydrogens is 222 g/mol. The number of amides is 1. The van der Waals surface area contributed by atoms with Crippen molar-refractivity contribution in [2.45, 2.75) is 6.42 Å². The van der Waals surface area contributed by atoms with Crippen molar-refractivity contribution in [3.8, 4) is 0 Å². The van der Waals surface area contributed by atoms with E-state index < -0.39 is 0 Å². The lowest BCUT2D eigenvalue weighted by atomic mass is 10.1. The number of carbonyl (C=O) groups excluding carboxylic acids is 1. The summed E-state index contributed by atoms with van der Waals surface area (Å²) in [5.74, 6) is 0.134. The van der Waals surface area contributed by atoms with Crippen LogP contribution in [0.5, 0.6) is 0 Å².